The lowest BCUT2D eigenvalue weighted by atomic mass is 10.0. The predicted molar refractivity (Wildman–Crippen MR) is 83.7 cm³/mol. The number of aryl methyl sites for hydroxylation is 1. The topological polar surface area (TPSA) is 35.2 Å². The van der Waals surface area contributed by atoms with Crippen LogP contribution in [0.3, 0.4) is 0 Å². The van der Waals surface area contributed by atoms with Gasteiger partial charge in [-0.3, -0.25) is 0 Å². The zero-order valence-electron chi connectivity index (χ0n) is 12.6. The minimum Gasteiger partial charge on any atom is -0.495 e. The van der Waals surface area contributed by atoms with Crippen molar-refractivity contribution in [3.63, 3.8) is 0 Å². The highest BCUT2D eigenvalue weighted by atomic mass is 16.5. The highest BCUT2D eigenvalue weighted by Gasteiger charge is 2.01. The largest absolute Gasteiger partial charge is 0.495 e. The second-order valence-electron chi connectivity index (χ2n) is 5.30. The first-order valence-electron chi connectivity index (χ1n) is 7.70. The molecule has 0 fully saturated rings. The summed E-state index contributed by atoms with van der Waals surface area (Å²) in [7, 11) is 1.67. The van der Waals surface area contributed by atoms with Crippen molar-refractivity contribution in [2.45, 2.75) is 64.7 Å². The normalized spacial score (nSPS) is 10.6. The van der Waals surface area contributed by atoms with Crippen LogP contribution in [-0.2, 0) is 6.42 Å². The fourth-order valence-corrected chi connectivity index (χ4v) is 2.37. The molecule has 0 radical (unpaired) electrons. The number of hydrogen-bond acceptors (Lipinski definition) is 2. The fourth-order valence-electron chi connectivity index (χ4n) is 2.37. The zero-order chi connectivity index (χ0) is 13.9. The molecule has 0 spiro atoms. The van der Waals surface area contributed by atoms with Crippen LogP contribution in [-0.4, -0.2) is 7.11 Å². The van der Waals surface area contributed by atoms with Gasteiger partial charge >= 0.3 is 0 Å². The molecule has 0 unspecified atom stereocenters. The maximum absolute atomic E-state index is 5.81. The number of methoxy groups -OCH3 is 1. The van der Waals surface area contributed by atoms with Gasteiger partial charge in [-0.2, -0.15) is 0 Å². The monoisotopic (exact) mass is 263 g/mol. The van der Waals surface area contributed by atoms with E-state index in [0.29, 0.717) is 0 Å². The van der Waals surface area contributed by atoms with E-state index >= 15 is 0 Å². The SMILES string of the molecule is CCCCCCCCCCc1ccc(N)c(OC)c1. The Bertz CT molecular complexity index is 349. The molecule has 108 valence electrons. The van der Waals surface area contributed by atoms with Crippen molar-refractivity contribution in [2.24, 2.45) is 0 Å². The summed E-state index contributed by atoms with van der Waals surface area (Å²) >= 11 is 0. The minimum absolute atomic E-state index is 0.724. The van der Waals surface area contributed by atoms with Crippen molar-refractivity contribution >= 4 is 5.69 Å². The summed E-state index contributed by atoms with van der Waals surface area (Å²) in [5.74, 6) is 0.803. The van der Waals surface area contributed by atoms with Crippen LogP contribution in [0.5, 0.6) is 5.75 Å². The first kappa shape index (κ1) is 15.9. The van der Waals surface area contributed by atoms with Gasteiger partial charge < -0.3 is 10.5 Å². The highest BCUT2D eigenvalue weighted by molar-refractivity contribution is 5.53. The molecule has 0 aliphatic heterocycles. The number of anilines is 1. The van der Waals surface area contributed by atoms with Crippen LogP contribution in [0.2, 0.25) is 0 Å². The van der Waals surface area contributed by atoms with E-state index in [9.17, 15) is 0 Å². The molecule has 2 N–H and O–H groups in total. The Morgan fingerprint density at radius 2 is 1.58 bits per heavy atom. The van der Waals surface area contributed by atoms with Crippen LogP contribution in [0.1, 0.15) is 63.9 Å². The zero-order valence-corrected chi connectivity index (χ0v) is 12.6. The van der Waals surface area contributed by atoms with Crippen LogP contribution in [0.4, 0.5) is 5.69 Å². The average Bonchev–Trinajstić information content (AvgIpc) is 2.43. The highest BCUT2D eigenvalue weighted by Crippen LogP contribution is 2.23. The predicted octanol–water partition coefficient (Wildman–Crippen LogP) is 4.96. The average molecular weight is 263 g/mol. The van der Waals surface area contributed by atoms with E-state index in [1.54, 1.807) is 7.11 Å². The Morgan fingerprint density at radius 1 is 0.947 bits per heavy atom. The van der Waals surface area contributed by atoms with Crippen molar-refractivity contribution in [1.82, 2.24) is 0 Å². The van der Waals surface area contributed by atoms with E-state index in [1.165, 1.54) is 56.9 Å². The molecular weight excluding hydrogens is 234 g/mol. The maximum atomic E-state index is 5.81. The van der Waals surface area contributed by atoms with E-state index < -0.39 is 0 Å². The maximum Gasteiger partial charge on any atom is 0.142 e. The van der Waals surface area contributed by atoms with Crippen molar-refractivity contribution in [2.75, 3.05) is 12.8 Å². The van der Waals surface area contributed by atoms with E-state index in [4.69, 9.17) is 10.5 Å². The van der Waals surface area contributed by atoms with Crippen molar-refractivity contribution in [1.29, 1.82) is 0 Å². The summed E-state index contributed by atoms with van der Waals surface area (Å²) in [6.45, 7) is 2.26. The second-order valence-corrected chi connectivity index (χ2v) is 5.30. The van der Waals surface area contributed by atoms with Crippen LogP contribution in [0.25, 0.3) is 0 Å². The molecule has 0 atom stereocenters. The minimum atomic E-state index is 0.724. The molecule has 19 heavy (non-hydrogen) atoms. The molecule has 0 saturated carbocycles. The van der Waals surface area contributed by atoms with Crippen LogP contribution in [0.15, 0.2) is 18.2 Å². The molecule has 0 aliphatic rings. The number of nitrogen functional groups attached to an aromatic ring is 1. The Kier molecular flexibility index (Phi) is 8.11. The summed E-state index contributed by atoms with van der Waals surface area (Å²) in [6.07, 6.45) is 12.0. The summed E-state index contributed by atoms with van der Waals surface area (Å²) < 4.78 is 5.24. The standard InChI is InChI=1S/C17H29NO/c1-3-4-5-6-7-8-9-10-11-15-12-13-16(18)17(14-15)19-2/h12-14H,3-11,18H2,1-2H3. The number of rotatable bonds is 10. The van der Waals surface area contributed by atoms with Gasteiger partial charge in [0, 0.05) is 0 Å². The summed E-state index contributed by atoms with van der Waals surface area (Å²) in [6, 6.07) is 6.12. The van der Waals surface area contributed by atoms with Crippen molar-refractivity contribution in [3.05, 3.63) is 23.8 Å². The summed E-state index contributed by atoms with van der Waals surface area (Å²) in [5.41, 5.74) is 7.86. The van der Waals surface area contributed by atoms with Crippen molar-refractivity contribution in [3.8, 4) is 5.75 Å². The first-order chi connectivity index (χ1) is 9.27. The van der Waals surface area contributed by atoms with Gasteiger partial charge in [0.05, 0.1) is 12.8 Å². The summed E-state index contributed by atoms with van der Waals surface area (Å²) in [4.78, 5) is 0. The number of hydrogen-bond donors (Lipinski definition) is 1. The first-order valence-corrected chi connectivity index (χ1v) is 7.70. The molecule has 0 heterocycles. The third kappa shape index (κ3) is 6.51. The third-order valence-corrected chi connectivity index (χ3v) is 3.62. The molecule has 1 aromatic rings. The molecule has 2 heteroatoms. The lowest BCUT2D eigenvalue weighted by molar-refractivity contribution is 0.416. The summed E-state index contributed by atoms with van der Waals surface area (Å²) in [5, 5.41) is 0. The lowest BCUT2D eigenvalue weighted by Crippen LogP contribution is -1.94. The fraction of sp³-hybridized carbons (Fsp3) is 0.647. The van der Waals surface area contributed by atoms with Crippen LogP contribution < -0.4 is 10.5 Å². The van der Waals surface area contributed by atoms with Gasteiger partial charge in [0.15, 0.2) is 0 Å². The molecule has 2 nitrogen and oxygen atoms in total. The molecule has 1 aromatic carbocycles. The molecule has 0 amide bonds. The van der Waals surface area contributed by atoms with Gasteiger partial charge in [-0.25, -0.2) is 0 Å². The second kappa shape index (κ2) is 9.71. The molecule has 0 aliphatic carbocycles. The van der Waals surface area contributed by atoms with Gasteiger partial charge in [0.1, 0.15) is 5.75 Å². The van der Waals surface area contributed by atoms with Gasteiger partial charge in [-0.05, 0) is 30.5 Å². The smallest absolute Gasteiger partial charge is 0.142 e. The Balaban J connectivity index is 2.12. The van der Waals surface area contributed by atoms with Crippen molar-refractivity contribution < 1.29 is 4.74 Å². The van der Waals surface area contributed by atoms with E-state index in [1.807, 2.05) is 6.07 Å². The van der Waals surface area contributed by atoms with E-state index in [2.05, 4.69) is 19.1 Å². The number of ether oxygens (including phenoxy) is 1. The molecule has 0 bridgehead atoms. The lowest BCUT2D eigenvalue weighted by Gasteiger charge is -2.07. The third-order valence-electron chi connectivity index (χ3n) is 3.62. The Hall–Kier alpha value is -1.18. The Labute approximate surface area is 118 Å². The van der Waals surface area contributed by atoms with Crippen LogP contribution >= 0.6 is 0 Å². The molecular formula is C17H29NO. The molecule has 0 saturated heterocycles. The van der Waals surface area contributed by atoms with E-state index in [-0.39, 0.29) is 0 Å². The van der Waals surface area contributed by atoms with Crippen LogP contribution in [0, 0.1) is 0 Å². The van der Waals surface area contributed by atoms with Gasteiger partial charge in [0.25, 0.3) is 0 Å². The molecule has 1 rings (SSSR count). The number of unbranched alkanes of at least 4 members (excludes halogenated alkanes) is 7. The van der Waals surface area contributed by atoms with Gasteiger partial charge in [0.2, 0.25) is 0 Å². The van der Waals surface area contributed by atoms with E-state index in [0.717, 1.165) is 17.9 Å². The van der Waals surface area contributed by atoms with Gasteiger partial charge in [-0.1, -0.05) is 57.9 Å². The quantitative estimate of drug-likeness (QED) is 0.478. The van der Waals surface area contributed by atoms with Gasteiger partial charge in [-0.15, -0.1) is 0 Å². The number of nitrogens with two attached hydrogens (primary N) is 1. The number of benzene rings is 1. The Morgan fingerprint density at radius 3 is 2.21 bits per heavy atom. The molecule has 0 aromatic heterocycles.